The Bertz CT molecular complexity index is 887. The number of hydrogen-bond acceptors (Lipinski definition) is 4. The quantitative estimate of drug-likeness (QED) is 0.492. The van der Waals surface area contributed by atoms with Crippen LogP contribution in [0.4, 0.5) is 0 Å². The maximum atomic E-state index is 4.40. The fraction of sp³-hybridized carbons (Fsp3) is 0.600. The molecule has 4 nitrogen and oxygen atoms in total. The van der Waals surface area contributed by atoms with Crippen LogP contribution in [-0.2, 0) is 0 Å². The zero-order valence-electron chi connectivity index (χ0n) is 21.2. The zero-order valence-corrected chi connectivity index (χ0v) is 21.2. The molecule has 3 heterocycles. The average Bonchev–Trinajstić information content (AvgIpc) is 3.44. The van der Waals surface area contributed by atoms with Crippen LogP contribution in [0, 0.1) is 5.92 Å². The third kappa shape index (κ3) is 5.19. The van der Waals surface area contributed by atoms with Gasteiger partial charge >= 0.3 is 0 Å². The highest BCUT2D eigenvalue weighted by Crippen LogP contribution is 2.40. The van der Waals surface area contributed by atoms with Crippen molar-refractivity contribution < 1.29 is 0 Å². The van der Waals surface area contributed by atoms with E-state index in [0.717, 1.165) is 31.8 Å². The van der Waals surface area contributed by atoms with Gasteiger partial charge in [-0.2, -0.15) is 0 Å². The second-order valence-electron chi connectivity index (χ2n) is 11.0. The molecule has 4 atom stereocenters. The highest BCUT2D eigenvalue weighted by molar-refractivity contribution is 5.42. The van der Waals surface area contributed by atoms with Gasteiger partial charge in [-0.25, -0.2) is 5.01 Å². The molecule has 0 radical (unpaired) electrons. The van der Waals surface area contributed by atoms with Crippen LogP contribution >= 0.6 is 0 Å². The molecule has 1 N–H and O–H groups in total. The molecule has 0 saturated carbocycles. The van der Waals surface area contributed by atoms with Crippen molar-refractivity contribution in [2.24, 2.45) is 5.92 Å². The van der Waals surface area contributed by atoms with E-state index in [2.05, 4.69) is 76.8 Å². The molecule has 3 fully saturated rings. The number of nitrogens with one attached hydrogen (secondary N) is 1. The first-order chi connectivity index (χ1) is 16.6. The third-order valence-electron chi connectivity index (χ3n) is 8.57. The SMILES string of the molecule is C=CCN1CCC2CCC(C1)N2C(C1=CCC(C(=C)NN2CCCC2)C=C1)C1=CC(C)=CCC1. The summed E-state index contributed by atoms with van der Waals surface area (Å²) in [5, 5.41) is 2.34. The van der Waals surface area contributed by atoms with E-state index in [4.69, 9.17) is 0 Å². The Morgan fingerprint density at radius 3 is 2.71 bits per heavy atom. The molecule has 0 aromatic carbocycles. The van der Waals surface area contributed by atoms with Gasteiger partial charge in [-0.05, 0) is 69.4 Å². The summed E-state index contributed by atoms with van der Waals surface area (Å²) in [6, 6.07) is 1.75. The Labute approximate surface area is 207 Å². The number of hydrogen-bond donors (Lipinski definition) is 1. The average molecular weight is 461 g/mol. The maximum Gasteiger partial charge on any atom is 0.0567 e. The molecule has 0 spiro atoms. The Balaban J connectivity index is 1.37. The Kier molecular flexibility index (Phi) is 7.58. The monoisotopic (exact) mass is 460 g/mol. The first-order valence-electron chi connectivity index (χ1n) is 13.7. The lowest BCUT2D eigenvalue weighted by molar-refractivity contribution is 0.164. The highest BCUT2D eigenvalue weighted by Gasteiger charge is 2.43. The molecule has 0 aromatic heterocycles. The molecule has 184 valence electrons. The topological polar surface area (TPSA) is 21.8 Å². The molecule has 4 heteroatoms. The van der Waals surface area contributed by atoms with Crippen LogP contribution in [0.15, 0.2) is 72.0 Å². The largest absolute Gasteiger partial charge is 0.323 e. The molecule has 5 rings (SSSR count). The number of likely N-dealkylation sites (tertiary alicyclic amines) is 1. The van der Waals surface area contributed by atoms with Crippen molar-refractivity contribution in [1.29, 1.82) is 0 Å². The summed E-state index contributed by atoms with van der Waals surface area (Å²) in [5.41, 5.74) is 9.31. The van der Waals surface area contributed by atoms with Gasteiger partial charge in [0.2, 0.25) is 0 Å². The third-order valence-corrected chi connectivity index (χ3v) is 8.57. The van der Waals surface area contributed by atoms with Crippen LogP contribution in [0.2, 0.25) is 0 Å². The summed E-state index contributed by atoms with van der Waals surface area (Å²) in [7, 11) is 0. The van der Waals surface area contributed by atoms with Crippen molar-refractivity contribution >= 4 is 0 Å². The Hall–Kier alpha value is -1.88. The molecule has 4 unspecified atom stereocenters. The van der Waals surface area contributed by atoms with Gasteiger partial charge in [-0.1, -0.05) is 48.6 Å². The maximum absolute atomic E-state index is 4.40. The van der Waals surface area contributed by atoms with Crippen LogP contribution in [0.5, 0.6) is 0 Å². The van der Waals surface area contributed by atoms with Crippen molar-refractivity contribution in [2.75, 3.05) is 32.7 Å². The first-order valence-corrected chi connectivity index (χ1v) is 13.7. The second kappa shape index (κ2) is 10.8. The van der Waals surface area contributed by atoms with Gasteiger partial charge in [-0.3, -0.25) is 9.80 Å². The summed E-state index contributed by atoms with van der Waals surface area (Å²) in [6.45, 7) is 16.4. The summed E-state index contributed by atoms with van der Waals surface area (Å²) in [6.07, 6.45) is 24.3. The minimum Gasteiger partial charge on any atom is -0.323 e. The van der Waals surface area contributed by atoms with E-state index in [1.807, 2.05) is 0 Å². The molecular formula is C30H44N4. The van der Waals surface area contributed by atoms with E-state index >= 15 is 0 Å². The Morgan fingerprint density at radius 2 is 1.97 bits per heavy atom. The van der Waals surface area contributed by atoms with Gasteiger partial charge in [0.1, 0.15) is 0 Å². The van der Waals surface area contributed by atoms with E-state index in [0.29, 0.717) is 24.0 Å². The fourth-order valence-electron chi connectivity index (χ4n) is 6.85. The lowest BCUT2D eigenvalue weighted by Gasteiger charge is -2.40. The van der Waals surface area contributed by atoms with Crippen LogP contribution < -0.4 is 5.43 Å². The van der Waals surface area contributed by atoms with Gasteiger partial charge in [0.15, 0.2) is 0 Å². The summed E-state index contributed by atoms with van der Waals surface area (Å²) >= 11 is 0. The first kappa shape index (κ1) is 23.8. The Morgan fingerprint density at radius 1 is 1.15 bits per heavy atom. The lowest BCUT2D eigenvalue weighted by Crippen LogP contribution is -2.47. The number of nitrogens with zero attached hydrogens (tertiary/aromatic N) is 3. The van der Waals surface area contributed by atoms with E-state index in [-0.39, 0.29) is 0 Å². The number of rotatable bonds is 8. The summed E-state index contributed by atoms with van der Waals surface area (Å²) in [4.78, 5) is 5.55. The van der Waals surface area contributed by atoms with Crippen molar-refractivity contribution in [2.45, 2.75) is 76.4 Å². The van der Waals surface area contributed by atoms with Crippen LogP contribution in [0.1, 0.15) is 58.3 Å². The van der Waals surface area contributed by atoms with Gasteiger partial charge in [0, 0.05) is 56.4 Å². The molecule has 0 aromatic rings. The second-order valence-corrected chi connectivity index (χ2v) is 11.0. The molecule has 2 bridgehead atoms. The van der Waals surface area contributed by atoms with Gasteiger partial charge in [0.05, 0.1) is 6.04 Å². The van der Waals surface area contributed by atoms with Crippen LogP contribution in [0.3, 0.4) is 0 Å². The van der Waals surface area contributed by atoms with Gasteiger partial charge in [0.25, 0.3) is 0 Å². The smallest absolute Gasteiger partial charge is 0.0567 e. The van der Waals surface area contributed by atoms with Crippen molar-refractivity contribution in [3.8, 4) is 0 Å². The standard InChI is InChI=1S/C30H44N4/c1-4-17-32-20-16-28-14-15-29(22-32)34(28)30(27-9-7-8-23(2)21-27)26-12-10-25(11-13-26)24(3)31-33-18-5-6-19-33/h4,8,10,12-13,21,25,28-31H,1,3,5-7,9,11,14-20,22H2,2H3. The minimum atomic E-state index is 0.385. The molecule has 0 amide bonds. The number of hydrazine groups is 1. The number of allylic oxidation sites excluding steroid dienone is 5. The highest BCUT2D eigenvalue weighted by atomic mass is 15.5. The molecule has 3 aliphatic heterocycles. The lowest BCUT2D eigenvalue weighted by atomic mass is 9.84. The van der Waals surface area contributed by atoms with Gasteiger partial charge in [-0.15, -0.1) is 6.58 Å². The molecular weight excluding hydrogens is 416 g/mol. The predicted molar refractivity (Wildman–Crippen MR) is 143 cm³/mol. The molecule has 34 heavy (non-hydrogen) atoms. The van der Waals surface area contributed by atoms with Crippen LogP contribution in [-0.4, -0.2) is 65.7 Å². The van der Waals surface area contributed by atoms with Gasteiger partial charge < -0.3 is 5.43 Å². The number of fused-ring (bicyclic) bond motifs is 2. The summed E-state index contributed by atoms with van der Waals surface area (Å²) in [5.74, 6) is 0.385. The van der Waals surface area contributed by atoms with Crippen molar-refractivity contribution in [3.05, 3.63) is 72.0 Å². The zero-order chi connectivity index (χ0) is 23.5. The summed E-state index contributed by atoms with van der Waals surface area (Å²) < 4.78 is 0. The van der Waals surface area contributed by atoms with E-state index in [1.54, 1.807) is 5.57 Å². The predicted octanol–water partition coefficient (Wildman–Crippen LogP) is 5.36. The molecule has 2 aliphatic carbocycles. The van der Waals surface area contributed by atoms with E-state index in [1.165, 1.54) is 69.2 Å². The van der Waals surface area contributed by atoms with Crippen molar-refractivity contribution in [1.82, 2.24) is 20.2 Å². The minimum absolute atomic E-state index is 0.385. The fourth-order valence-corrected chi connectivity index (χ4v) is 6.85. The van der Waals surface area contributed by atoms with E-state index < -0.39 is 0 Å². The van der Waals surface area contributed by atoms with Crippen molar-refractivity contribution in [3.63, 3.8) is 0 Å². The molecule has 5 aliphatic rings. The molecule has 3 saturated heterocycles. The normalized spacial score (nSPS) is 31.4. The van der Waals surface area contributed by atoms with E-state index in [9.17, 15) is 0 Å². The van der Waals surface area contributed by atoms with Crippen LogP contribution in [0.25, 0.3) is 0 Å².